The van der Waals surface area contributed by atoms with E-state index in [0.717, 1.165) is 11.6 Å². The number of alkyl halides is 3. The molecule has 0 spiro atoms. The molecular formula is C22H13Cl2F3N6OS. The van der Waals surface area contributed by atoms with Crippen LogP contribution >= 0.6 is 34.5 Å². The van der Waals surface area contributed by atoms with Crippen LogP contribution in [0.3, 0.4) is 0 Å². The molecule has 0 radical (unpaired) electrons. The third kappa shape index (κ3) is 4.75. The number of carbonyl (C=O) groups excluding carboxylic acids is 1. The maximum atomic E-state index is 13.7. The van der Waals surface area contributed by atoms with E-state index in [0.29, 0.717) is 21.0 Å². The van der Waals surface area contributed by atoms with Crippen LogP contribution < -0.4 is 5.32 Å². The second-order valence-electron chi connectivity index (χ2n) is 7.37. The van der Waals surface area contributed by atoms with Crippen molar-refractivity contribution in [2.75, 3.05) is 5.32 Å². The minimum absolute atomic E-state index is 0.0315. The summed E-state index contributed by atoms with van der Waals surface area (Å²) in [6.45, 7) is 0.300. The first-order valence-corrected chi connectivity index (χ1v) is 11.6. The SMILES string of the molecule is O=C(Nc1nn(Cc2ccccc2Cl)cc1Cl)c1cc2nc(-c3cccs3)cc(C(F)(F)F)n2n1. The van der Waals surface area contributed by atoms with Crippen LogP contribution in [-0.4, -0.2) is 30.3 Å². The van der Waals surface area contributed by atoms with Gasteiger partial charge in [0.05, 0.1) is 17.1 Å². The number of nitrogens with zero attached hydrogens (tertiary/aromatic N) is 5. The zero-order chi connectivity index (χ0) is 24.7. The fourth-order valence-corrected chi connectivity index (χ4v) is 4.45. The number of amides is 1. The van der Waals surface area contributed by atoms with Crippen molar-refractivity contribution in [2.24, 2.45) is 0 Å². The number of benzene rings is 1. The second kappa shape index (κ2) is 8.99. The number of carbonyl (C=O) groups is 1. The van der Waals surface area contributed by atoms with Crippen LogP contribution in [0.5, 0.6) is 0 Å². The maximum Gasteiger partial charge on any atom is 0.433 e. The van der Waals surface area contributed by atoms with Gasteiger partial charge in [-0.3, -0.25) is 9.48 Å². The molecule has 0 unspecified atom stereocenters. The lowest BCUT2D eigenvalue weighted by Gasteiger charge is -2.10. The molecule has 1 aromatic carbocycles. The van der Waals surface area contributed by atoms with Gasteiger partial charge in [0.15, 0.2) is 22.9 Å². The molecule has 0 aliphatic carbocycles. The third-order valence-corrected chi connectivity index (χ3v) is 6.50. The van der Waals surface area contributed by atoms with Crippen molar-refractivity contribution in [3.8, 4) is 10.6 Å². The molecule has 35 heavy (non-hydrogen) atoms. The van der Waals surface area contributed by atoms with Crippen LogP contribution in [0.2, 0.25) is 10.0 Å². The summed E-state index contributed by atoms with van der Waals surface area (Å²) in [7, 11) is 0. The number of aromatic nitrogens is 5. The van der Waals surface area contributed by atoms with Crippen molar-refractivity contribution < 1.29 is 18.0 Å². The van der Waals surface area contributed by atoms with Gasteiger partial charge >= 0.3 is 6.18 Å². The van der Waals surface area contributed by atoms with Crippen molar-refractivity contribution in [1.29, 1.82) is 0 Å². The van der Waals surface area contributed by atoms with E-state index in [1.807, 2.05) is 12.1 Å². The van der Waals surface area contributed by atoms with E-state index in [1.165, 1.54) is 28.3 Å². The summed E-state index contributed by atoms with van der Waals surface area (Å²) in [6, 6.07) is 12.6. The summed E-state index contributed by atoms with van der Waals surface area (Å²) in [4.78, 5) is 17.6. The molecule has 178 valence electrons. The second-order valence-corrected chi connectivity index (χ2v) is 9.13. The van der Waals surface area contributed by atoms with E-state index in [-0.39, 0.29) is 27.9 Å². The lowest BCUT2D eigenvalue weighted by Crippen LogP contribution is -2.16. The number of thiophene rings is 1. The predicted octanol–water partition coefficient (Wildman–Crippen LogP) is 6.28. The highest BCUT2D eigenvalue weighted by atomic mass is 35.5. The number of hydrogen-bond donors (Lipinski definition) is 1. The molecule has 4 aromatic heterocycles. The molecule has 0 saturated heterocycles. The minimum atomic E-state index is -4.71. The zero-order valence-electron chi connectivity index (χ0n) is 17.4. The number of fused-ring (bicyclic) bond motifs is 1. The molecule has 5 rings (SSSR count). The van der Waals surface area contributed by atoms with Gasteiger partial charge in [-0.1, -0.05) is 47.5 Å². The lowest BCUT2D eigenvalue weighted by atomic mass is 10.2. The Morgan fingerprint density at radius 2 is 1.86 bits per heavy atom. The molecule has 7 nitrogen and oxygen atoms in total. The topological polar surface area (TPSA) is 77.1 Å². The monoisotopic (exact) mass is 536 g/mol. The van der Waals surface area contributed by atoms with Crippen molar-refractivity contribution >= 4 is 51.9 Å². The van der Waals surface area contributed by atoms with E-state index in [2.05, 4.69) is 20.5 Å². The number of anilines is 1. The summed E-state index contributed by atoms with van der Waals surface area (Å²) in [5, 5.41) is 13.0. The Balaban J connectivity index is 1.45. The van der Waals surface area contributed by atoms with Gasteiger partial charge in [-0.25, -0.2) is 9.50 Å². The summed E-state index contributed by atoms with van der Waals surface area (Å²) in [5.74, 6) is -0.754. The Morgan fingerprint density at radius 3 is 2.57 bits per heavy atom. The van der Waals surface area contributed by atoms with E-state index in [1.54, 1.807) is 29.6 Å². The Morgan fingerprint density at radius 1 is 1.06 bits per heavy atom. The predicted molar refractivity (Wildman–Crippen MR) is 127 cm³/mol. The molecule has 0 saturated carbocycles. The number of rotatable bonds is 5. The first-order valence-electron chi connectivity index (χ1n) is 9.98. The highest BCUT2D eigenvalue weighted by molar-refractivity contribution is 7.13. The average molecular weight is 537 g/mol. The van der Waals surface area contributed by atoms with Gasteiger partial charge in [-0.05, 0) is 29.1 Å². The van der Waals surface area contributed by atoms with E-state index in [4.69, 9.17) is 23.2 Å². The molecule has 1 amide bonds. The van der Waals surface area contributed by atoms with Crippen molar-refractivity contribution in [2.45, 2.75) is 12.7 Å². The smallest absolute Gasteiger partial charge is 0.302 e. The van der Waals surface area contributed by atoms with Gasteiger partial charge in [0.1, 0.15) is 5.02 Å². The average Bonchev–Trinajstić information content (AvgIpc) is 3.54. The van der Waals surface area contributed by atoms with Gasteiger partial charge in [0.25, 0.3) is 5.91 Å². The maximum absolute atomic E-state index is 13.7. The van der Waals surface area contributed by atoms with Crippen LogP contribution in [0, 0.1) is 0 Å². The van der Waals surface area contributed by atoms with E-state index in [9.17, 15) is 18.0 Å². The molecule has 0 atom stereocenters. The summed E-state index contributed by atoms with van der Waals surface area (Å²) in [6.07, 6.45) is -3.21. The number of nitrogens with one attached hydrogen (secondary N) is 1. The van der Waals surface area contributed by atoms with Gasteiger partial charge in [0.2, 0.25) is 0 Å². The molecule has 5 aromatic rings. The fraction of sp³-hybridized carbons (Fsp3) is 0.0909. The number of hydrogen-bond acceptors (Lipinski definition) is 5. The van der Waals surface area contributed by atoms with Crippen LogP contribution in [0.1, 0.15) is 21.7 Å². The van der Waals surface area contributed by atoms with Crippen LogP contribution in [0.15, 0.2) is 60.1 Å². The third-order valence-electron chi connectivity index (χ3n) is 4.96. The lowest BCUT2D eigenvalue weighted by molar-refractivity contribution is -0.142. The molecule has 4 heterocycles. The summed E-state index contributed by atoms with van der Waals surface area (Å²) < 4.78 is 43.3. The van der Waals surface area contributed by atoms with Crippen LogP contribution in [-0.2, 0) is 12.7 Å². The Labute approximate surface area is 209 Å². The molecule has 1 N–H and O–H groups in total. The van der Waals surface area contributed by atoms with Crippen LogP contribution in [0.25, 0.3) is 16.2 Å². The largest absolute Gasteiger partial charge is 0.433 e. The summed E-state index contributed by atoms with van der Waals surface area (Å²) >= 11 is 13.6. The molecule has 0 aliphatic heterocycles. The van der Waals surface area contributed by atoms with Crippen LogP contribution in [0.4, 0.5) is 19.0 Å². The van der Waals surface area contributed by atoms with Gasteiger partial charge in [0, 0.05) is 17.3 Å². The molecule has 13 heteroatoms. The fourth-order valence-electron chi connectivity index (χ4n) is 3.37. The zero-order valence-corrected chi connectivity index (χ0v) is 19.8. The number of halogens is 5. The highest BCUT2D eigenvalue weighted by Gasteiger charge is 2.36. The van der Waals surface area contributed by atoms with E-state index >= 15 is 0 Å². The Hall–Kier alpha value is -3.41. The van der Waals surface area contributed by atoms with Crippen molar-refractivity contribution in [1.82, 2.24) is 24.4 Å². The Bertz CT molecular complexity index is 1540. The first kappa shape index (κ1) is 23.3. The van der Waals surface area contributed by atoms with Gasteiger partial charge < -0.3 is 5.32 Å². The van der Waals surface area contributed by atoms with Gasteiger partial charge in [-0.15, -0.1) is 11.3 Å². The highest BCUT2D eigenvalue weighted by Crippen LogP contribution is 2.33. The first-order chi connectivity index (χ1) is 16.7. The minimum Gasteiger partial charge on any atom is -0.302 e. The molecular weight excluding hydrogens is 524 g/mol. The molecule has 0 fully saturated rings. The Kier molecular flexibility index (Phi) is 5.99. The molecule has 0 bridgehead atoms. The molecule has 0 aliphatic rings. The quantitative estimate of drug-likeness (QED) is 0.286. The normalized spacial score (nSPS) is 11.8. The standard InChI is InChI=1S/C22H13Cl2F3N6OS/c23-13-5-2-1-4-12(13)10-32-11-14(24)20(31-32)29-21(34)16-9-19-28-15(17-6-3-7-35-17)8-18(22(25,26)27)33(19)30-16/h1-9,11H,10H2,(H,29,31,34). The van der Waals surface area contributed by atoms with Crippen molar-refractivity contribution in [3.05, 3.63) is 87.1 Å². The summed E-state index contributed by atoms with van der Waals surface area (Å²) in [5.41, 5.74) is -0.523. The van der Waals surface area contributed by atoms with Crippen molar-refractivity contribution in [3.63, 3.8) is 0 Å². The van der Waals surface area contributed by atoms with E-state index < -0.39 is 17.8 Å². The van der Waals surface area contributed by atoms with Gasteiger partial charge in [-0.2, -0.15) is 23.4 Å².